The fourth-order valence-electron chi connectivity index (χ4n) is 2.79. The molecular weight excluding hydrogens is 262 g/mol. The van der Waals surface area contributed by atoms with Gasteiger partial charge >= 0.3 is 5.97 Å². The van der Waals surface area contributed by atoms with Crippen LogP contribution >= 0.6 is 0 Å². The number of carboxylic acid groups (broad SMARTS) is 1. The molecule has 1 amide bonds. The predicted molar refractivity (Wildman–Crippen MR) is 60.2 cm³/mol. The van der Waals surface area contributed by atoms with Crippen LogP contribution in [0.3, 0.4) is 0 Å². The van der Waals surface area contributed by atoms with Gasteiger partial charge in [-0.25, -0.2) is 13.2 Å². The molecule has 2 saturated heterocycles. The first-order valence-electron chi connectivity index (χ1n) is 5.51. The summed E-state index contributed by atoms with van der Waals surface area (Å²) in [6.45, 7) is 3.92. The Morgan fingerprint density at radius 2 is 1.94 bits per heavy atom. The van der Waals surface area contributed by atoms with Crippen molar-refractivity contribution in [2.45, 2.75) is 43.0 Å². The molecule has 0 saturated carbocycles. The van der Waals surface area contributed by atoms with E-state index in [2.05, 4.69) is 0 Å². The Morgan fingerprint density at radius 1 is 1.44 bits per heavy atom. The Kier molecular flexibility index (Phi) is 2.54. The van der Waals surface area contributed by atoms with Gasteiger partial charge in [0.2, 0.25) is 5.91 Å². The molecule has 0 aromatic rings. The first kappa shape index (κ1) is 13.3. The molecule has 0 bridgehead atoms. The molecule has 7 nitrogen and oxygen atoms in total. The van der Waals surface area contributed by atoms with Crippen molar-refractivity contribution >= 4 is 21.7 Å². The number of fused-ring (bicyclic) bond motifs is 1. The zero-order valence-corrected chi connectivity index (χ0v) is 11.0. The molecule has 2 fully saturated rings. The fourth-order valence-corrected chi connectivity index (χ4v) is 5.19. The fraction of sp³-hybridized carbons (Fsp3) is 0.800. The van der Waals surface area contributed by atoms with Crippen LogP contribution in [0.2, 0.25) is 0 Å². The van der Waals surface area contributed by atoms with Crippen molar-refractivity contribution in [1.29, 1.82) is 0 Å². The predicted octanol–water partition coefficient (Wildman–Crippen LogP) is -1.19. The van der Waals surface area contributed by atoms with E-state index < -0.39 is 49.9 Å². The van der Waals surface area contributed by atoms with Crippen LogP contribution in [0.15, 0.2) is 0 Å². The Labute approximate surface area is 104 Å². The maximum atomic E-state index is 12.3. The third kappa shape index (κ3) is 1.24. The highest BCUT2D eigenvalue weighted by molar-refractivity contribution is 7.93. The number of aliphatic hydroxyl groups is 1. The van der Waals surface area contributed by atoms with Gasteiger partial charge in [0.25, 0.3) is 0 Å². The zero-order valence-electron chi connectivity index (χ0n) is 10.2. The lowest BCUT2D eigenvalue weighted by molar-refractivity contribution is -0.168. The Balaban J connectivity index is 2.56. The maximum absolute atomic E-state index is 12.3. The SMILES string of the molecule is C[C@@H](O)[C@@H]1C(=O)N2[C@@H](C(=O)O)C(C)(C)S(=O)(=O)[C@H]12. The van der Waals surface area contributed by atoms with E-state index in [9.17, 15) is 23.1 Å². The number of hydrogen-bond acceptors (Lipinski definition) is 5. The van der Waals surface area contributed by atoms with Crippen LogP contribution in [-0.2, 0) is 19.4 Å². The number of sulfone groups is 1. The second-order valence-corrected chi connectivity index (χ2v) is 7.92. The highest BCUT2D eigenvalue weighted by Gasteiger charge is 2.72. The van der Waals surface area contributed by atoms with E-state index in [4.69, 9.17) is 5.11 Å². The van der Waals surface area contributed by atoms with Crippen LogP contribution in [0.4, 0.5) is 0 Å². The summed E-state index contributed by atoms with van der Waals surface area (Å²) >= 11 is 0. The molecule has 0 aliphatic carbocycles. The van der Waals surface area contributed by atoms with E-state index in [1.54, 1.807) is 0 Å². The lowest BCUT2D eigenvalue weighted by Crippen LogP contribution is -2.66. The monoisotopic (exact) mass is 277 g/mol. The van der Waals surface area contributed by atoms with E-state index in [0.29, 0.717) is 0 Å². The van der Waals surface area contributed by atoms with Gasteiger partial charge in [-0.1, -0.05) is 0 Å². The molecule has 2 rings (SSSR count). The highest BCUT2D eigenvalue weighted by Crippen LogP contribution is 2.49. The molecule has 0 aromatic heterocycles. The molecule has 18 heavy (non-hydrogen) atoms. The first-order valence-corrected chi connectivity index (χ1v) is 7.06. The minimum atomic E-state index is -3.82. The largest absolute Gasteiger partial charge is 0.480 e. The first-order chi connectivity index (χ1) is 8.05. The summed E-state index contributed by atoms with van der Waals surface area (Å²) in [5.41, 5.74) is 0. The Bertz CT molecular complexity index is 522. The van der Waals surface area contributed by atoms with Crippen molar-refractivity contribution in [3.63, 3.8) is 0 Å². The number of amides is 1. The lowest BCUT2D eigenvalue weighted by atomic mass is 9.88. The third-order valence-corrected chi connectivity index (χ3v) is 6.71. The van der Waals surface area contributed by atoms with Gasteiger partial charge in [-0.05, 0) is 20.8 Å². The molecule has 2 heterocycles. The molecule has 0 spiro atoms. The van der Waals surface area contributed by atoms with Crippen molar-refractivity contribution in [1.82, 2.24) is 4.90 Å². The molecule has 0 unspecified atom stereocenters. The molecule has 2 aliphatic rings. The summed E-state index contributed by atoms with van der Waals surface area (Å²) in [7, 11) is -3.82. The molecule has 102 valence electrons. The summed E-state index contributed by atoms with van der Waals surface area (Å²) in [6.07, 6.45) is -1.11. The van der Waals surface area contributed by atoms with Crippen molar-refractivity contribution in [3.05, 3.63) is 0 Å². The lowest BCUT2D eigenvalue weighted by Gasteiger charge is -2.43. The number of nitrogens with zero attached hydrogens (tertiary/aromatic N) is 1. The second-order valence-electron chi connectivity index (χ2n) is 5.29. The number of rotatable bonds is 2. The summed E-state index contributed by atoms with van der Waals surface area (Å²) < 4.78 is 23.0. The quantitative estimate of drug-likeness (QED) is 0.614. The van der Waals surface area contributed by atoms with Gasteiger partial charge in [0, 0.05) is 0 Å². The van der Waals surface area contributed by atoms with Crippen molar-refractivity contribution in [2.75, 3.05) is 0 Å². The molecular formula is C10H15NO6S. The minimum absolute atomic E-state index is 0.614. The molecule has 8 heteroatoms. The number of aliphatic hydroxyl groups excluding tert-OH is 1. The van der Waals surface area contributed by atoms with Crippen LogP contribution in [0.1, 0.15) is 20.8 Å². The van der Waals surface area contributed by atoms with E-state index in [1.807, 2.05) is 0 Å². The van der Waals surface area contributed by atoms with Gasteiger partial charge in [-0.2, -0.15) is 0 Å². The van der Waals surface area contributed by atoms with E-state index in [1.165, 1.54) is 20.8 Å². The van der Waals surface area contributed by atoms with E-state index >= 15 is 0 Å². The average Bonchev–Trinajstić information content (AvgIpc) is 2.31. The minimum Gasteiger partial charge on any atom is -0.480 e. The summed E-state index contributed by atoms with van der Waals surface area (Å²) in [5.74, 6) is -3.02. The zero-order chi connectivity index (χ0) is 14.0. The van der Waals surface area contributed by atoms with Gasteiger partial charge in [0.05, 0.1) is 16.8 Å². The Hall–Kier alpha value is -1.15. The number of aliphatic carboxylic acids is 1. The molecule has 0 radical (unpaired) electrons. The second kappa shape index (κ2) is 3.45. The summed E-state index contributed by atoms with van der Waals surface area (Å²) in [6, 6.07) is -1.39. The summed E-state index contributed by atoms with van der Waals surface area (Å²) in [4.78, 5) is 23.9. The van der Waals surface area contributed by atoms with Gasteiger partial charge in [-0.15, -0.1) is 0 Å². The topological polar surface area (TPSA) is 112 Å². The number of β-lactam (4-membered cyclic amide) rings is 1. The van der Waals surface area contributed by atoms with Crippen molar-refractivity contribution in [2.24, 2.45) is 5.92 Å². The van der Waals surface area contributed by atoms with E-state index in [-0.39, 0.29) is 0 Å². The van der Waals surface area contributed by atoms with Crippen molar-refractivity contribution < 1.29 is 28.2 Å². The third-order valence-electron chi connectivity index (χ3n) is 3.86. The highest BCUT2D eigenvalue weighted by atomic mass is 32.2. The molecule has 4 atom stereocenters. The van der Waals surface area contributed by atoms with Crippen LogP contribution in [0.5, 0.6) is 0 Å². The smallest absolute Gasteiger partial charge is 0.328 e. The number of carbonyl (C=O) groups is 2. The summed E-state index contributed by atoms with van der Waals surface area (Å²) in [5, 5.41) is 17.4. The molecule has 2 aliphatic heterocycles. The number of hydrogen-bond donors (Lipinski definition) is 2. The van der Waals surface area contributed by atoms with E-state index in [0.717, 1.165) is 4.90 Å². The molecule has 0 aromatic carbocycles. The van der Waals surface area contributed by atoms with Gasteiger partial charge in [0.15, 0.2) is 9.84 Å². The molecule has 2 N–H and O–H groups in total. The van der Waals surface area contributed by atoms with Crippen LogP contribution in [0, 0.1) is 5.92 Å². The number of carbonyl (C=O) groups excluding carboxylic acids is 1. The van der Waals surface area contributed by atoms with Crippen molar-refractivity contribution in [3.8, 4) is 0 Å². The van der Waals surface area contributed by atoms with Gasteiger partial charge in [0.1, 0.15) is 11.4 Å². The normalized spacial score (nSPS) is 37.9. The number of carboxylic acids is 1. The van der Waals surface area contributed by atoms with Gasteiger partial charge < -0.3 is 15.1 Å². The Morgan fingerprint density at radius 3 is 2.33 bits per heavy atom. The van der Waals surface area contributed by atoms with Crippen LogP contribution in [-0.4, -0.2) is 57.7 Å². The van der Waals surface area contributed by atoms with Crippen LogP contribution in [0.25, 0.3) is 0 Å². The standard InChI is InChI=1S/C10H15NO6S/c1-4(12)5-7(13)11-6(9(14)15)10(2,3)18(16,17)8(5)11/h4-6,8,12H,1-3H3,(H,14,15)/t4-,5-,6+,8-/m1/s1. The average molecular weight is 277 g/mol. The van der Waals surface area contributed by atoms with Gasteiger partial charge in [-0.3, -0.25) is 4.79 Å². The maximum Gasteiger partial charge on any atom is 0.328 e. The van der Waals surface area contributed by atoms with Crippen LogP contribution < -0.4 is 0 Å².